The summed E-state index contributed by atoms with van der Waals surface area (Å²) in [5.74, 6) is -0.763. The van der Waals surface area contributed by atoms with Crippen molar-refractivity contribution in [2.45, 2.75) is 70.8 Å². The van der Waals surface area contributed by atoms with E-state index in [-0.39, 0.29) is 18.9 Å². The van der Waals surface area contributed by atoms with Crippen LogP contribution in [0.1, 0.15) is 67.5 Å². The Morgan fingerprint density at radius 2 is 1.91 bits per heavy atom. The van der Waals surface area contributed by atoms with Gasteiger partial charge in [-0.2, -0.15) is 0 Å². The molecule has 0 rings (SSSR count). The van der Waals surface area contributed by atoms with Gasteiger partial charge in [0.2, 0.25) is 0 Å². The molecule has 23 heavy (non-hydrogen) atoms. The van der Waals surface area contributed by atoms with Crippen molar-refractivity contribution in [2.75, 3.05) is 0 Å². The van der Waals surface area contributed by atoms with Crippen molar-refractivity contribution < 1.29 is 17.7 Å². The summed E-state index contributed by atoms with van der Waals surface area (Å²) in [5, 5.41) is 18.4. The second kappa shape index (κ2) is 16.8. The van der Waals surface area contributed by atoms with E-state index in [1.54, 1.807) is 12.2 Å². The summed E-state index contributed by atoms with van der Waals surface area (Å²) in [5.41, 5.74) is 0. The number of carboxylic acids is 1. The zero-order chi connectivity index (χ0) is 18.9. The lowest BCUT2D eigenvalue weighted by molar-refractivity contribution is -0.137. The van der Waals surface area contributed by atoms with Crippen LogP contribution in [0.4, 0.5) is 0 Å². The molecule has 0 aromatic carbocycles. The van der Waals surface area contributed by atoms with Gasteiger partial charge in [0.15, 0.2) is 0 Å². The minimum Gasteiger partial charge on any atom is -0.481 e. The second-order valence-electron chi connectivity index (χ2n) is 5.39. The van der Waals surface area contributed by atoms with E-state index in [9.17, 15) is 9.90 Å². The maximum atomic E-state index is 10.3. The summed E-state index contributed by atoms with van der Waals surface area (Å²) in [6, 6.07) is 0.533. The number of rotatable bonds is 14. The Hall–Kier alpha value is -1.61. The lowest BCUT2D eigenvalue weighted by atomic mass is 10.1. The molecule has 0 bridgehead atoms. The maximum absolute atomic E-state index is 10.3. The molecule has 0 radical (unpaired) electrons. The zero-order valence-electron chi connectivity index (χ0n) is 16.2. The zero-order valence-corrected chi connectivity index (χ0v) is 14.2. The number of allylic oxidation sites excluding steroid dienone is 6. The van der Waals surface area contributed by atoms with E-state index in [4.69, 9.17) is 7.85 Å². The maximum Gasteiger partial charge on any atom is 0.303 e. The number of hydrogen-bond acceptors (Lipinski definition) is 2. The fraction of sp³-hybridized carbons (Fsp3) is 0.550. The van der Waals surface area contributed by atoms with Gasteiger partial charge in [-0.15, -0.1) is 0 Å². The van der Waals surface area contributed by atoms with Gasteiger partial charge in [-0.1, -0.05) is 68.3 Å². The van der Waals surface area contributed by atoms with Crippen LogP contribution in [0.3, 0.4) is 0 Å². The Morgan fingerprint density at radius 1 is 1.09 bits per heavy atom. The van der Waals surface area contributed by atoms with E-state index < -0.39 is 12.1 Å². The summed E-state index contributed by atoms with van der Waals surface area (Å²) < 4.78 is 15.6. The minimum absolute atomic E-state index is 0.179. The second-order valence-corrected chi connectivity index (χ2v) is 5.39. The third-order valence-corrected chi connectivity index (χ3v) is 3.12. The molecule has 0 aromatic rings. The highest BCUT2D eigenvalue weighted by Gasteiger charge is 1.93. The van der Waals surface area contributed by atoms with Gasteiger partial charge in [-0.3, -0.25) is 4.79 Å². The Bertz CT molecular complexity index is 479. The van der Waals surface area contributed by atoms with Gasteiger partial charge in [-0.25, -0.2) is 0 Å². The first-order valence-corrected chi connectivity index (χ1v) is 8.50. The van der Waals surface area contributed by atoms with E-state index in [0.717, 1.165) is 32.1 Å². The predicted molar refractivity (Wildman–Crippen MR) is 97.4 cm³/mol. The average Bonchev–Trinajstić information content (AvgIpc) is 2.56. The molecule has 0 aliphatic carbocycles. The number of aliphatic carboxylic acids is 1. The highest BCUT2D eigenvalue weighted by molar-refractivity contribution is 5.66. The summed E-state index contributed by atoms with van der Waals surface area (Å²) in [7, 11) is 0. The van der Waals surface area contributed by atoms with Crippen LogP contribution in [0.25, 0.3) is 0 Å². The van der Waals surface area contributed by atoms with Crippen LogP contribution in [0.2, 0.25) is 0 Å². The van der Waals surface area contributed by atoms with Gasteiger partial charge in [0.1, 0.15) is 0 Å². The highest BCUT2D eigenvalue weighted by atomic mass is 16.4. The molecule has 0 aliphatic rings. The van der Waals surface area contributed by atoms with Crippen LogP contribution in [0.5, 0.6) is 0 Å². The number of aliphatic hydroxyl groups excluding tert-OH is 1. The molecule has 0 fully saturated rings. The van der Waals surface area contributed by atoms with Gasteiger partial charge in [0.05, 0.1) is 8.85 Å². The van der Waals surface area contributed by atoms with E-state index >= 15 is 0 Å². The molecule has 3 heteroatoms. The summed E-state index contributed by atoms with van der Waals surface area (Å²) in [6.45, 7) is 2.10. The van der Waals surface area contributed by atoms with E-state index in [0.29, 0.717) is 18.9 Å². The van der Waals surface area contributed by atoms with Crippen molar-refractivity contribution in [1.29, 1.82) is 0 Å². The predicted octanol–water partition coefficient (Wildman–Crippen LogP) is 5.19. The fourth-order valence-electron chi connectivity index (χ4n) is 1.81. The quantitative estimate of drug-likeness (QED) is 0.263. The molecule has 0 aliphatic heterocycles. The first-order chi connectivity index (χ1) is 12.0. The Kier molecular flexibility index (Phi) is 12.9. The number of carboxylic acid groups (broad SMARTS) is 1. The molecule has 3 nitrogen and oxygen atoms in total. The monoisotopic (exact) mass is 322 g/mol. The molecule has 0 amide bonds. The van der Waals surface area contributed by atoms with Gasteiger partial charge >= 0.3 is 5.97 Å². The molecule has 2 N–H and O–H groups in total. The van der Waals surface area contributed by atoms with E-state index in [1.165, 1.54) is 0 Å². The van der Waals surface area contributed by atoms with E-state index in [2.05, 4.69) is 6.92 Å². The molecule has 130 valence electrons. The first-order valence-electron chi connectivity index (χ1n) is 9.50. The molecule has 1 atom stereocenters. The number of aliphatic hydroxyl groups is 1. The number of unbranched alkanes of at least 4 members (excludes halogenated alkanes) is 3. The molecular formula is C20H32O3. The third kappa shape index (κ3) is 18.3. The van der Waals surface area contributed by atoms with Gasteiger partial charge in [0.25, 0.3) is 0 Å². The van der Waals surface area contributed by atoms with Crippen molar-refractivity contribution in [2.24, 2.45) is 0 Å². The lowest BCUT2D eigenvalue weighted by Crippen LogP contribution is -1.98. The topological polar surface area (TPSA) is 57.5 Å². The first kappa shape index (κ1) is 17.7. The summed E-state index contributed by atoms with van der Waals surface area (Å²) >= 11 is 0. The molecule has 0 aromatic heterocycles. The molecule has 0 heterocycles. The largest absolute Gasteiger partial charge is 0.481 e. The van der Waals surface area contributed by atoms with Crippen molar-refractivity contribution in [3.05, 3.63) is 48.6 Å². The Balaban J connectivity index is 3.97. The smallest absolute Gasteiger partial charge is 0.303 e. The highest BCUT2D eigenvalue weighted by Crippen LogP contribution is 2.02. The minimum atomic E-state index is -0.763. The molecule has 0 unspecified atom stereocenters. The molecular weight excluding hydrogens is 288 g/mol. The van der Waals surface area contributed by atoms with Gasteiger partial charge in [0, 0.05) is 6.42 Å². The van der Waals surface area contributed by atoms with Crippen LogP contribution in [-0.4, -0.2) is 22.3 Å². The fourth-order valence-corrected chi connectivity index (χ4v) is 1.81. The average molecular weight is 322 g/mol. The molecule has 0 spiro atoms. The Labute approximate surface area is 143 Å². The number of hydrogen-bond donors (Lipinski definition) is 2. The third-order valence-electron chi connectivity index (χ3n) is 3.12. The van der Waals surface area contributed by atoms with E-state index in [1.807, 2.05) is 24.3 Å². The number of carbonyl (C=O) groups is 1. The van der Waals surface area contributed by atoms with Crippen LogP contribution in [0, 0.1) is 0 Å². The van der Waals surface area contributed by atoms with Crippen LogP contribution < -0.4 is 0 Å². The van der Waals surface area contributed by atoms with Crippen molar-refractivity contribution in [1.82, 2.24) is 0 Å². The molecule has 0 saturated heterocycles. The lowest BCUT2D eigenvalue weighted by Gasteiger charge is -1.99. The summed E-state index contributed by atoms with van der Waals surface area (Å²) in [4.78, 5) is 10.3. The summed E-state index contributed by atoms with van der Waals surface area (Å²) in [6.07, 6.45) is 16.6. The van der Waals surface area contributed by atoms with Crippen LogP contribution in [0.15, 0.2) is 48.6 Å². The Morgan fingerprint density at radius 3 is 2.65 bits per heavy atom. The molecule has 0 saturated carbocycles. The SMILES string of the molecule is [2H]C(CCCCC)=C([2H])C[C@@H](O)/C=C\C=C/C/C=C\CCCC(=O)O. The van der Waals surface area contributed by atoms with Crippen molar-refractivity contribution >= 4 is 5.97 Å². The van der Waals surface area contributed by atoms with Gasteiger partial charge < -0.3 is 10.2 Å². The van der Waals surface area contributed by atoms with Crippen molar-refractivity contribution in [3.8, 4) is 0 Å². The van der Waals surface area contributed by atoms with Crippen molar-refractivity contribution in [3.63, 3.8) is 0 Å². The van der Waals surface area contributed by atoms with Gasteiger partial charge in [-0.05, 0) is 38.5 Å². The van der Waals surface area contributed by atoms with Crippen LogP contribution in [-0.2, 0) is 4.79 Å². The standard InChI is InChI=1S/C20H32O3/c1-2-3-4-5-10-13-16-19(21)17-14-11-8-6-7-9-12-15-18-20(22)23/h7-11,13-14,17,19,21H,2-6,12,15-16,18H2,1H3,(H,22,23)/b9-7-,11-8-,13-10?,17-14-/t19-/m1/s1/i10D,13D. The normalized spacial score (nSPS) is 15.9. The van der Waals surface area contributed by atoms with Crippen LogP contribution >= 0.6 is 0 Å².